The van der Waals surface area contributed by atoms with E-state index in [1.807, 2.05) is 19.1 Å². The standard InChI is InChI=1S/C10H17/c1-3-5-7-9-10-8-6-4-2/h3,7,9H,4,6,8,10H2,1-2H3/b5-3?,9-7+. The van der Waals surface area contributed by atoms with Crippen molar-refractivity contribution in [2.75, 3.05) is 0 Å². The van der Waals surface area contributed by atoms with E-state index in [-0.39, 0.29) is 0 Å². The lowest BCUT2D eigenvalue weighted by Crippen LogP contribution is -1.69. The van der Waals surface area contributed by atoms with Gasteiger partial charge in [0.1, 0.15) is 0 Å². The maximum absolute atomic E-state index is 3.02. The summed E-state index contributed by atoms with van der Waals surface area (Å²) in [5.41, 5.74) is 0. The van der Waals surface area contributed by atoms with Crippen molar-refractivity contribution in [3.63, 3.8) is 0 Å². The number of unbranched alkanes of at least 4 members (excludes halogenated alkanes) is 3. The second-order valence-corrected chi connectivity index (χ2v) is 2.35. The predicted molar refractivity (Wildman–Crippen MR) is 46.8 cm³/mol. The van der Waals surface area contributed by atoms with Crippen LogP contribution < -0.4 is 0 Å². The minimum Gasteiger partial charge on any atom is -0.0839 e. The molecule has 10 heavy (non-hydrogen) atoms. The molecule has 0 bridgehead atoms. The van der Waals surface area contributed by atoms with Crippen molar-refractivity contribution in [3.05, 3.63) is 24.3 Å². The molecule has 0 fully saturated rings. The van der Waals surface area contributed by atoms with E-state index in [1.165, 1.54) is 25.7 Å². The van der Waals surface area contributed by atoms with Crippen LogP contribution in [-0.2, 0) is 0 Å². The zero-order valence-electron chi connectivity index (χ0n) is 7.06. The predicted octanol–water partition coefficient (Wildman–Crippen LogP) is 3.50. The van der Waals surface area contributed by atoms with Crippen molar-refractivity contribution in [2.24, 2.45) is 0 Å². The molecule has 0 aromatic rings. The topological polar surface area (TPSA) is 0 Å². The van der Waals surface area contributed by atoms with E-state index in [4.69, 9.17) is 0 Å². The zero-order chi connectivity index (χ0) is 7.66. The van der Waals surface area contributed by atoms with Gasteiger partial charge in [0.2, 0.25) is 0 Å². The highest BCUT2D eigenvalue weighted by Gasteiger charge is 1.79. The van der Waals surface area contributed by atoms with Crippen LogP contribution in [0.2, 0.25) is 0 Å². The molecule has 0 unspecified atom stereocenters. The molecule has 0 spiro atoms. The highest BCUT2D eigenvalue weighted by atomic mass is 13.9. The third-order valence-electron chi connectivity index (χ3n) is 1.36. The van der Waals surface area contributed by atoms with E-state index < -0.39 is 0 Å². The van der Waals surface area contributed by atoms with Gasteiger partial charge in [-0.3, -0.25) is 0 Å². The number of allylic oxidation sites excluding steroid dienone is 4. The quantitative estimate of drug-likeness (QED) is 0.402. The molecule has 0 rings (SSSR count). The van der Waals surface area contributed by atoms with Crippen LogP contribution in [0.25, 0.3) is 0 Å². The summed E-state index contributed by atoms with van der Waals surface area (Å²) < 4.78 is 0. The summed E-state index contributed by atoms with van der Waals surface area (Å²) in [6.45, 7) is 4.21. The summed E-state index contributed by atoms with van der Waals surface area (Å²) in [6, 6.07) is 0. The fourth-order valence-electron chi connectivity index (χ4n) is 0.760. The molecule has 0 aliphatic rings. The van der Waals surface area contributed by atoms with Gasteiger partial charge in [0.25, 0.3) is 0 Å². The lowest BCUT2D eigenvalue weighted by molar-refractivity contribution is 0.729. The highest BCUT2D eigenvalue weighted by Crippen LogP contribution is 1.98. The number of hydrogen-bond acceptors (Lipinski definition) is 0. The summed E-state index contributed by atoms with van der Waals surface area (Å²) in [6.07, 6.45) is 14.3. The van der Waals surface area contributed by atoms with Crippen LogP contribution in [0.1, 0.15) is 39.5 Å². The van der Waals surface area contributed by atoms with Crippen LogP contribution in [0.15, 0.2) is 18.2 Å². The van der Waals surface area contributed by atoms with Crippen LogP contribution in [0.5, 0.6) is 0 Å². The van der Waals surface area contributed by atoms with Crippen LogP contribution in [0.4, 0.5) is 0 Å². The van der Waals surface area contributed by atoms with Gasteiger partial charge in [0.15, 0.2) is 0 Å². The molecular weight excluding hydrogens is 120 g/mol. The van der Waals surface area contributed by atoms with Crippen molar-refractivity contribution in [1.29, 1.82) is 0 Å². The fraction of sp³-hybridized carbons (Fsp3) is 0.600. The van der Waals surface area contributed by atoms with Crippen molar-refractivity contribution in [3.8, 4) is 0 Å². The third kappa shape index (κ3) is 7.48. The molecule has 0 aliphatic heterocycles. The molecule has 0 aromatic carbocycles. The molecule has 0 saturated heterocycles. The minimum atomic E-state index is 1.20. The van der Waals surface area contributed by atoms with Gasteiger partial charge in [0.05, 0.1) is 0 Å². The monoisotopic (exact) mass is 137 g/mol. The summed E-state index contributed by atoms with van der Waals surface area (Å²) in [4.78, 5) is 0. The maximum atomic E-state index is 3.02. The summed E-state index contributed by atoms with van der Waals surface area (Å²) in [5.74, 6) is 0. The number of rotatable bonds is 5. The van der Waals surface area contributed by atoms with Gasteiger partial charge in [-0.25, -0.2) is 0 Å². The van der Waals surface area contributed by atoms with E-state index >= 15 is 0 Å². The van der Waals surface area contributed by atoms with Gasteiger partial charge in [0, 0.05) is 0 Å². The molecule has 0 atom stereocenters. The Kier molecular flexibility index (Phi) is 8.04. The van der Waals surface area contributed by atoms with Crippen molar-refractivity contribution in [1.82, 2.24) is 0 Å². The van der Waals surface area contributed by atoms with E-state index in [9.17, 15) is 0 Å². The third-order valence-corrected chi connectivity index (χ3v) is 1.36. The van der Waals surface area contributed by atoms with Crippen molar-refractivity contribution in [2.45, 2.75) is 39.5 Å². The first kappa shape index (κ1) is 9.48. The van der Waals surface area contributed by atoms with Crippen molar-refractivity contribution < 1.29 is 0 Å². The van der Waals surface area contributed by atoms with Crippen LogP contribution >= 0.6 is 0 Å². The lowest BCUT2D eigenvalue weighted by Gasteiger charge is -1.89. The zero-order valence-corrected chi connectivity index (χ0v) is 7.06. The minimum absolute atomic E-state index is 1.20. The maximum Gasteiger partial charge on any atom is -0.0233 e. The van der Waals surface area contributed by atoms with Crippen LogP contribution in [0, 0.1) is 6.08 Å². The molecule has 0 heteroatoms. The summed E-state index contributed by atoms with van der Waals surface area (Å²) in [5, 5.41) is 0. The summed E-state index contributed by atoms with van der Waals surface area (Å²) >= 11 is 0. The van der Waals surface area contributed by atoms with Gasteiger partial charge in [-0.05, 0) is 25.8 Å². The first-order chi connectivity index (χ1) is 4.91. The Morgan fingerprint density at radius 1 is 1.30 bits per heavy atom. The Balaban J connectivity index is 3.02. The van der Waals surface area contributed by atoms with Gasteiger partial charge in [-0.1, -0.05) is 38.0 Å². The van der Waals surface area contributed by atoms with Crippen LogP contribution in [-0.4, -0.2) is 0 Å². The first-order valence-electron chi connectivity index (χ1n) is 4.10. The molecule has 0 aliphatic carbocycles. The smallest absolute Gasteiger partial charge is 0.0233 e. The molecule has 0 saturated carbocycles. The highest BCUT2D eigenvalue weighted by molar-refractivity contribution is 4.93. The van der Waals surface area contributed by atoms with Crippen LogP contribution in [0.3, 0.4) is 0 Å². The second kappa shape index (κ2) is 8.48. The van der Waals surface area contributed by atoms with Gasteiger partial charge in [-0.2, -0.15) is 0 Å². The summed E-state index contributed by atoms with van der Waals surface area (Å²) in [7, 11) is 0. The van der Waals surface area contributed by atoms with Gasteiger partial charge in [-0.15, -0.1) is 0 Å². The molecule has 0 aromatic heterocycles. The molecular formula is C10H17. The van der Waals surface area contributed by atoms with E-state index in [0.717, 1.165) is 0 Å². The molecule has 57 valence electrons. The Bertz CT molecular complexity index is 98.6. The SMILES string of the molecule is C/C=[C]/C=C/CCCCC. The molecule has 0 amide bonds. The van der Waals surface area contributed by atoms with E-state index in [1.54, 1.807) is 0 Å². The molecule has 0 heterocycles. The Morgan fingerprint density at radius 2 is 2.10 bits per heavy atom. The first-order valence-corrected chi connectivity index (χ1v) is 4.10. The van der Waals surface area contributed by atoms with Gasteiger partial charge < -0.3 is 0 Å². The van der Waals surface area contributed by atoms with E-state index in [2.05, 4.69) is 19.1 Å². The average Bonchev–Trinajstić information content (AvgIpc) is 1.97. The lowest BCUT2D eigenvalue weighted by atomic mass is 10.2. The van der Waals surface area contributed by atoms with E-state index in [0.29, 0.717) is 0 Å². The number of hydrogen-bond donors (Lipinski definition) is 0. The fourth-order valence-corrected chi connectivity index (χ4v) is 0.760. The molecule has 0 N–H and O–H groups in total. The molecule has 0 nitrogen and oxygen atoms in total. The Hall–Kier alpha value is -0.520. The Labute approximate surface area is 64.6 Å². The largest absolute Gasteiger partial charge is 0.0839 e. The second-order valence-electron chi connectivity index (χ2n) is 2.35. The Morgan fingerprint density at radius 3 is 2.70 bits per heavy atom. The van der Waals surface area contributed by atoms with Gasteiger partial charge >= 0.3 is 0 Å². The van der Waals surface area contributed by atoms with Crippen molar-refractivity contribution >= 4 is 0 Å². The molecule has 1 radical (unpaired) electrons. The average molecular weight is 137 g/mol. The normalized spacial score (nSPS) is 11.8.